The van der Waals surface area contributed by atoms with E-state index in [4.69, 9.17) is 0 Å². The van der Waals surface area contributed by atoms with Crippen LogP contribution in [0.3, 0.4) is 0 Å². The fraction of sp³-hybridized carbons (Fsp3) is 0.364. The molecule has 190 valence electrons. The number of halogens is 10. The standard InChI is InChI=1S/C22H19BF10NP/c1-21(2,3)7-35-23(8-34-22(4,5)6,9-11(24)15(28)19(32)16(29)12(9)25)10-13(26)17(30)20(33)18(31)14(10)27/h7H,1-6H3. The lowest BCUT2D eigenvalue weighted by atomic mass is 9.38. The number of hydrogen-bond acceptors (Lipinski definition) is 0. The largest absolute Gasteiger partial charge is 0.286 e. The van der Waals surface area contributed by atoms with Gasteiger partial charge in [0.15, 0.2) is 34.9 Å². The summed E-state index contributed by atoms with van der Waals surface area (Å²) in [5, 5.41) is 0. The van der Waals surface area contributed by atoms with Crippen molar-refractivity contribution in [3.8, 4) is 5.97 Å². The molecule has 0 fully saturated rings. The maximum atomic E-state index is 15.1. The Balaban J connectivity index is 3.38. The molecule has 0 radical (unpaired) electrons. The molecule has 0 unspecified atom stereocenters. The van der Waals surface area contributed by atoms with E-state index in [2.05, 4.69) is 10.8 Å². The van der Waals surface area contributed by atoms with Gasteiger partial charge in [-0.2, -0.15) is 0 Å². The molecule has 0 aliphatic heterocycles. The van der Waals surface area contributed by atoms with E-state index < -0.39 is 94.0 Å². The predicted octanol–water partition coefficient (Wildman–Crippen LogP) is 6.60. The molecule has 1 nitrogen and oxygen atoms in total. The summed E-state index contributed by atoms with van der Waals surface area (Å²) in [6, 6.07) is 0. The van der Waals surface area contributed by atoms with Crippen molar-refractivity contribution < 1.29 is 43.9 Å². The van der Waals surface area contributed by atoms with E-state index in [1.807, 2.05) is 0 Å². The molecular weight excluding hydrogens is 510 g/mol. The Morgan fingerprint density at radius 1 is 0.571 bits per heavy atom. The smallest absolute Gasteiger partial charge is 0.274 e. The normalized spacial score (nSPS) is 12.8. The van der Waals surface area contributed by atoms with Crippen molar-refractivity contribution in [3.05, 3.63) is 63.0 Å². The first kappa shape index (κ1) is 28.7. The fourth-order valence-electron chi connectivity index (χ4n) is 3.06. The minimum absolute atomic E-state index is 0.601. The van der Waals surface area contributed by atoms with Gasteiger partial charge in [-0.05, 0) is 5.41 Å². The van der Waals surface area contributed by atoms with Crippen molar-refractivity contribution in [1.29, 1.82) is 0 Å². The summed E-state index contributed by atoms with van der Waals surface area (Å²) in [5.41, 5.74) is -5.77. The second-order valence-corrected chi connectivity index (χ2v) is 11.2. The van der Waals surface area contributed by atoms with E-state index in [0.717, 1.165) is 5.80 Å². The molecule has 0 aliphatic carbocycles. The number of benzene rings is 2. The summed E-state index contributed by atoms with van der Waals surface area (Å²) in [4.78, 5) is 3.82. The van der Waals surface area contributed by atoms with Gasteiger partial charge in [0.05, 0.1) is 5.97 Å². The zero-order valence-electron chi connectivity index (χ0n) is 19.3. The molecule has 0 bridgehead atoms. The average molecular weight is 529 g/mol. The molecule has 0 N–H and O–H groups in total. The molecule has 0 heterocycles. The average Bonchev–Trinajstić information content (AvgIpc) is 2.74. The van der Waals surface area contributed by atoms with Gasteiger partial charge in [0, 0.05) is 20.8 Å². The molecule has 0 saturated heterocycles. The maximum Gasteiger partial charge on any atom is 0.274 e. The highest BCUT2D eigenvalue weighted by molar-refractivity contribution is 7.88. The monoisotopic (exact) mass is 529 g/mol. The summed E-state index contributed by atoms with van der Waals surface area (Å²) in [5.74, 6) is -26.1. The van der Waals surface area contributed by atoms with Crippen molar-refractivity contribution in [2.75, 3.05) is 0 Å². The molecule has 2 aromatic rings. The lowest BCUT2D eigenvalue weighted by Gasteiger charge is -2.32. The zero-order valence-corrected chi connectivity index (χ0v) is 20.2. The van der Waals surface area contributed by atoms with E-state index in [0.29, 0.717) is 0 Å². The molecule has 13 heteroatoms. The van der Waals surface area contributed by atoms with Crippen LogP contribution in [0.4, 0.5) is 43.9 Å². The first-order valence-corrected chi connectivity index (χ1v) is 11.0. The van der Waals surface area contributed by atoms with Crippen molar-refractivity contribution in [1.82, 2.24) is 0 Å². The third-order valence-corrected chi connectivity index (χ3v) is 6.60. The third-order valence-electron chi connectivity index (χ3n) is 4.60. The van der Waals surface area contributed by atoms with Crippen LogP contribution in [0.15, 0.2) is 0 Å². The molecule has 35 heavy (non-hydrogen) atoms. The Bertz CT molecular complexity index is 1160. The molecule has 0 amide bonds. The second kappa shape index (κ2) is 9.49. The van der Waals surface area contributed by atoms with Crippen LogP contribution in [0.1, 0.15) is 41.5 Å². The Kier molecular flexibility index (Phi) is 7.78. The van der Waals surface area contributed by atoms with Gasteiger partial charge < -0.3 is 0 Å². The van der Waals surface area contributed by atoms with E-state index >= 15 is 17.6 Å². The summed E-state index contributed by atoms with van der Waals surface area (Å²) in [6.45, 7) is 8.71. The van der Waals surface area contributed by atoms with Crippen LogP contribution in [-0.2, 0) is 0 Å². The van der Waals surface area contributed by atoms with Crippen molar-refractivity contribution in [2.45, 2.75) is 47.1 Å². The van der Waals surface area contributed by atoms with E-state index in [-0.39, 0.29) is 0 Å². The van der Waals surface area contributed by atoms with E-state index in [1.54, 1.807) is 0 Å². The minimum atomic E-state index is -4.24. The molecule has 2 rings (SSSR count). The highest BCUT2D eigenvalue weighted by atomic mass is 31.1. The van der Waals surface area contributed by atoms with Gasteiger partial charge in [0.1, 0.15) is 23.3 Å². The maximum absolute atomic E-state index is 15.1. The molecular formula is C22H19BF10NP. The van der Waals surface area contributed by atoms with E-state index in [9.17, 15) is 26.3 Å². The van der Waals surface area contributed by atoms with E-state index in [1.165, 1.54) is 41.5 Å². The van der Waals surface area contributed by atoms with Crippen LogP contribution in [-0.4, -0.2) is 17.2 Å². The summed E-state index contributed by atoms with van der Waals surface area (Å²) < 4.78 is 145. The molecule has 0 saturated carbocycles. The zero-order chi connectivity index (χ0) is 27.3. The van der Waals surface area contributed by atoms with Crippen LogP contribution in [0.5, 0.6) is 0 Å². The van der Waals surface area contributed by atoms with Gasteiger partial charge in [-0.25, -0.2) is 43.9 Å². The van der Waals surface area contributed by atoms with Gasteiger partial charge in [0.25, 0.3) is 11.4 Å². The summed E-state index contributed by atoms with van der Waals surface area (Å²) in [6.07, 6.45) is 0. The summed E-state index contributed by atoms with van der Waals surface area (Å²) >= 11 is 0. The molecule has 0 atom stereocenters. The van der Waals surface area contributed by atoms with Crippen LogP contribution in [0.25, 0.3) is 4.85 Å². The molecule has 2 aromatic carbocycles. The summed E-state index contributed by atoms with van der Waals surface area (Å²) in [7, 11) is -0.601. The quantitative estimate of drug-likeness (QED) is 0.139. The fourth-order valence-corrected chi connectivity index (χ4v) is 4.60. The first-order valence-electron chi connectivity index (χ1n) is 10.0. The Morgan fingerprint density at radius 3 is 1.11 bits per heavy atom. The lowest BCUT2D eigenvalue weighted by Crippen LogP contribution is -2.60. The van der Waals surface area contributed by atoms with Gasteiger partial charge in [-0.15, -0.1) is 4.85 Å². The molecule has 0 aliphatic rings. The van der Waals surface area contributed by atoms with Crippen LogP contribution in [0, 0.1) is 69.6 Å². The number of nitrogens with zero attached hydrogens (tertiary/aromatic N) is 1. The highest BCUT2D eigenvalue weighted by Crippen LogP contribution is 2.31. The highest BCUT2D eigenvalue weighted by Gasteiger charge is 2.46. The van der Waals surface area contributed by atoms with Gasteiger partial charge >= 0.3 is 0 Å². The topological polar surface area (TPSA) is 4.36 Å². The molecule has 0 aromatic heterocycles. The first-order chi connectivity index (χ1) is 15.8. The van der Waals surface area contributed by atoms with Crippen LogP contribution >= 0.6 is 8.08 Å². The van der Waals surface area contributed by atoms with Crippen molar-refractivity contribution >= 4 is 30.7 Å². The number of hydrogen-bond donors (Lipinski definition) is 0. The number of rotatable bonds is 3. The Hall–Kier alpha value is -2.54. The third kappa shape index (κ3) is 5.35. The predicted molar refractivity (Wildman–Crippen MR) is 117 cm³/mol. The molecule has 0 spiro atoms. The second-order valence-electron chi connectivity index (χ2n) is 9.84. The Morgan fingerprint density at radius 2 is 0.857 bits per heavy atom. The van der Waals surface area contributed by atoms with Gasteiger partial charge in [0.2, 0.25) is 0 Å². The van der Waals surface area contributed by atoms with Crippen molar-refractivity contribution in [3.63, 3.8) is 0 Å². The SMILES string of the molecule is CC(C)(C)C=P[B-](C#[N+]C(C)(C)C)(c1c(F)c(F)c(F)c(F)c1F)c1c(F)c(F)c(F)c(F)c1F. The van der Waals surface area contributed by atoms with Crippen molar-refractivity contribution in [2.24, 2.45) is 5.41 Å². The van der Waals surface area contributed by atoms with Gasteiger partial charge in [-0.1, -0.05) is 37.5 Å². The van der Waals surface area contributed by atoms with Crippen LogP contribution < -0.4 is 10.9 Å². The van der Waals surface area contributed by atoms with Gasteiger partial charge in [-0.3, -0.25) is 8.08 Å². The minimum Gasteiger partial charge on any atom is -0.286 e. The van der Waals surface area contributed by atoms with Crippen LogP contribution in [0.2, 0.25) is 0 Å². The Labute approximate surface area is 196 Å². The lowest BCUT2D eigenvalue weighted by molar-refractivity contribution is 0.382.